The number of esters is 1. The van der Waals surface area contributed by atoms with Crippen LogP contribution in [0.1, 0.15) is 78.2 Å². The molecule has 15 heteroatoms. The SMILES string of the molecule is COCC(=O)O[C@]1(CCN(C)CCCc2nc3ccccc3[nH]2)CCc2cc(F)ccc2[C@@H]1C(C)C.O=C1NC(=O)C(c2ccccc2)(c2ccccc2)N1.O=C1NC(=O)C(c2ccccc2)(c2ccccc2)N1. The van der Waals surface area contributed by atoms with E-state index in [0.717, 1.165) is 76.2 Å². The summed E-state index contributed by atoms with van der Waals surface area (Å²) in [6.07, 6.45) is 3.92. The van der Waals surface area contributed by atoms with Gasteiger partial charge in [-0.15, -0.1) is 0 Å². The van der Waals surface area contributed by atoms with Gasteiger partial charge in [0, 0.05) is 32.4 Å². The molecule has 6 amide bonds. The van der Waals surface area contributed by atoms with Crippen LogP contribution < -0.4 is 21.3 Å². The maximum Gasteiger partial charge on any atom is 0.332 e. The lowest BCUT2D eigenvalue weighted by Gasteiger charge is -2.47. The fourth-order valence-electron chi connectivity index (χ4n) is 10.6. The molecular weight excluding hydrogens is 938 g/mol. The first-order valence-electron chi connectivity index (χ1n) is 24.9. The van der Waals surface area contributed by atoms with Crippen molar-refractivity contribution in [3.05, 3.63) is 209 Å². The van der Waals surface area contributed by atoms with E-state index in [9.17, 15) is 28.4 Å². The molecule has 10 rings (SSSR count). The number of hydrogen-bond acceptors (Lipinski definition) is 9. The summed E-state index contributed by atoms with van der Waals surface area (Å²) < 4.78 is 25.3. The summed E-state index contributed by atoms with van der Waals surface area (Å²) in [6, 6.07) is 49.1. The van der Waals surface area contributed by atoms with Crippen molar-refractivity contribution in [1.29, 1.82) is 0 Å². The molecule has 1 aromatic heterocycles. The Bertz CT molecular complexity index is 2840. The lowest BCUT2D eigenvalue weighted by molar-refractivity contribution is -0.172. The number of nitrogens with one attached hydrogen (secondary N) is 5. The van der Waals surface area contributed by atoms with Crippen molar-refractivity contribution >= 4 is 40.9 Å². The third kappa shape index (κ3) is 11.3. The van der Waals surface area contributed by atoms with E-state index in [-0.39, 0.29) is 42.0 Å². The molecule has 0 spiro atoms. The number of methoxy groups -OCH3 is 1. The summed E-state index contributed by atoms with van der Waals surface area (Å²) in [5, 5.41) is 10.1. The van der Waals surface area contributed by atoms with E-state index < -0.39 is 28.7 Å². The average Bonchev–Trinajstić information content (AvgIpc) is 4.08. The highest BCUT2D eigenvalue weighted by Gasteiger charge is 2.51. The molecule has 14 nitrogen and oxygen atoms in total. The molecule has 6 aromatic carbocycles. The van der Waals surface area contributed by atoms with Crippen LogP contribution in [0.2, 0.25) is 0 Å². The second-order valence-electron chi connectivity index (χ2n) is 19.2. The zero-order valence-corrected chi connectivity index (χ0v) is 42.0. The van der Waals surface area contributed by atoms with E-state index in [1.807, 2.05) is 152 Å². The highest BCUT2D eigenvalue weighted by molar-refractivity contribution is 6.10. The van der Waals surface area contributed by atoms with Gasteiger partial charge in [-0.05, 0) is 96.4 Å². The third-order valence-corrected chi connectivity index (χ3v) is 13.9. The number of aromatic nitrogens is 2. The highest BCUT2D eigenvalue weighted by atomic mass is 19.1. The number of aryl methyl sites for hydroxylation is 2. The van der Waals surface area contributed by atoms with Crippen LogP contribution in [0.25, 0.3) is 11.0 Å². The Morgan fingerprint density at radius 1 is 0.703 bits per heavy atom. The Morgan fingerprint density at radius 3 is 1.66 bits per heavy atom. The number of fused-ring (bicyclic) bond motifs is 2. The normalized spacial score (nSPS) is 18.2. The molecule has 382 valence electrons. The van der Waals surface area contributed by atoms with E-state index in [4.69, 9.17) is 9.47 Å². The largest absolute Gasteiger partial charge is 0.457 e. The van der Waals surface area contributed by atoms with Crippen LogP contribution >= 0.6 is 0 Å². The Hall–Kier alpha value is -8.01. The van der Waals surface area contributed by atoms with Crippen LogP contribution in [0.3, 0.4) is 0 Å². The zero-order valence-electron chi connectivity index (χ0n) is 42.0. The summed E-state index contributed by atoms with van der Waals surface area (Å²) in [5.74, 6) is -0.0456. The first-order chi connectivity index (χ1) is 35.8. The quantitative estimate of drug-likeness (QED) is 0.0495. The molecule has 2 aliphatic heterocycles. The van der Waals surface area contributed by atoms with Crippen molar-refractivity contribution in [3.8, 4) is 0 Å². The number of nitrogens with zero attached hydrogens (tertiary/aromatic N) is 2. The first-order valence-corrected chi connectivity index (χ1v) is 24.9. The minimum absolute atomic E-state index is 0.00777. The summed E-state index contributed by atoms with van der Waals surface area (Å²) >= 11 is 0. The van der Waals surface area contributed by atoms with Gasteiger partial charge in [0.2, 0.25) is 0 Å². The number of para-hydroxylation sites is 2. The third-order valence-electron chi connectivity index (χ3n) is 13.9. The maximum absolute atomic E-state index is 14.0. The number of aromatic amines is 1. The van der Waals surface area contributed by atoms with E-state index >= 15 is 0 Å². The molecule has 2 fully saturated rings. The number of H-pyrrole nitrogens is 1. The van der Waals surface area contributed by atoms with E-state index in [0.29, 0.717) is 19.3 Å². The molecule has 2 atom stereocenters. The molecule has 1 aliphatic carbocycles. The van der Waals surface area contributed by atoms with E-state index in [2.05, 4.69) is 57.0 Å². The van der Waals surface area contributed by atoms with Crippen LogP contribution in [-0.4, -0.2) is 84.2 Å². The highest BCUT2D eigenvalue weighted by Crippen LogP contribution is 2.48. The number of urea groups is 2. The van der Waals surface area contributed by atoms with Gasteiger partial charge in [0.1, 0.15) is 23.8 Å². The van der Waals surface area contributed by atoms with Crippen molar-refractivity contribution in [1.82, 2.24) is 36.1 Å². The molecule has 5 N–H and O–H groups in total. The maximum atomic E-state index is 14.0. The average molecular weight is 1000 g/mol. The lowest BCUT2D eigenvalue weighted by Crippen LogP contribution is -2.49. The Balaban J connectivity index is 0.000000161. The standard InChI is InChI=1S/C29H38FN3O3.2C15H12N2O2/c1-20(2)28-23-12-11-22(30)18-21(23)13-14-29(28,36-27(34)19-35-4)15-17-33(3)16-7-10-26-31-24-8-5-6-9-25(24)32-26;2*18-13-15(17-14(19)16-13,11-7-3-1-4-8-11)12-9-5-2-6-10-12/h5-6,8-9,11-12,18,20,28H,7,10,13-17,19H2,1-4H3,(H,31,32);2*1-10H,(H2,16,17,18,19)/t28-,29-;;/m0../s1. The Labute approximate surface area is 430 Å². The topological polar surface area (TPSA) is 184 Å². The zero-order chi connectivity index (χ0) is 52.3. The van der Waals surface area contributed by atoms with Crippen LogP contribution in [0.4, 0.5) is 14.0 Å². The number of carbonyl (C=O) groups excluding carboxylic acids is 5. The predicted octanol–water partition coefficient (Wildman–Crippen LogP) is 8.81. The summed E-state index contributed by atoms with van der Waals surface area (Å²) in [4.78, 5) is 70.8. The van der Waals surface area contributed by atoms with Gasteiger partial charge in [-0.3, -0.25) is 20.2 Å². The van der Waals surface area contributed by atoms with Gasteiger partial charge in [-0.2, -0.15) is 0 Å². The van der Waals surface area contributed by atoms with Gasteiger partial charge in [0.25, 0.3) is 11.8 Å². The second kappa shape index (κ2) is 23.2. The molecule has 3 heterocycles. The van der Waals surface area contributed by atoms with Crippen molar-refractivity contribution in [2.45, 2.75) is 68.5 Å². The van der Waals surface area contributed by atoms with E-state index in [1.165, 1.54) is 13.2 Å². The minimum Gasteiger partial charge on any atom is -0.457 e. The minimum atomic E-state index is -1.14. The van der Waals surface area contributed by atoms with Crippen LogP contribution in [0, 0.1) is 11.7 Å². The van der Waals surface area contributed by atoms with Gasteiger partial charge >= 0.3 is 18.0 Å². The summed E-state index contributed by atoms with van der Waals surface area (Å²) in [7, 11) is 3.61. The fourth-order valence-corrected chi connectivity index (χ4v) is 10.6. The smallest absolute Gasteiger partial charge is 0.332 e. The number of rotatable bonds is 15. The molecule has 3 aliphatic rings. The molecule has 0 bridgehead atoms. The molecule has 0 radical (unpaired) electrons. The molecule has 2 saturated heterocycles. The van der Waals surface area contributed by atoms with Crippen LogP contribution in [-0.2, 0) is 47.8 Å². The number of imidazole rings is 1. The number of carbonyl (C=O) groups is 5. The first kappa shape index (κ1) is 52.3. The molecule has 74 heavy (non-hydrogen) atoms. The Morgan fingerprint density at radius 2 is 1.20 bits per heavy atom. The number of amides is 6. The second-order valence-corrected chi connectivity index (χ2v) is 19.2. The van der Waals surface area contributed by atoms with Crippen LogP contribution in [0.15, 0.2) is 164 Å². The number of hydrogen-bond donors (Lipinski definition) is 5. The van der Waals surface area contributed by atoms with Gasteiger partial charge in [0.15, 0.2) is 11.1 Å². The van der Waals surface area contributed by atoms with Crippen LogP contribution in [0.5, 0.6) is 0 Å². The lowest BCUT2D eigenvalue weighted by atomic mass is 9.65. The monoisotopic (exact) mass is 999 g/mol. The number of ether oxygens (including phenoxy) is 2. The molecule has 0 saturated carbocycles. The van der Waals surface area contributed by atoms with Gasteiger partial charge in [-0.1, -0.05) is 153 Å². The number of halogens is 1. The van der Waals surface area contributed by atoms with Gasteiger partial charge in [-0.25, -0.2) is 23.8 Å². The van der Waals surface area contributed by atoms with Crippen molar-refractivity contribution in [2.24, 2.45) is 5.92 Å². The van der Waals surface area contributed by atoms with Crippen molar-refractivity contribution < 1.29 is 37.8 Å². The summed E-state index contributed by atoms with van der Waals surface area (Å²) in [5.41, 5.74) is 4.21. The summed E-state index contributed by atoms with van der Waals surface area (Å²) in [6.45, 7) is 5.93. The van der Waals surface area contributed by atoms with Gasteiger partial charge in [0.05, 0.1) is 11.0 Å². The number of imide groups is 2. The van der Waals surface area contributed by atoms with Gasteiger partial charge < -0.3 is 30.0 Å². The number of benzene rings is 6. The van der Waals surface area contributed by atoms with Crippen molar-refractivity contribution in [3.63, 3.8) is 0 Å². The fraction of sp³-hybridized carbons (Fsp3) is 0.288. The Kier molecular flexibility index (Phi) is 16.4. The van der Waals surface area contributed by atoms with E-state index in [1.54, 1.807) is 6.07 Å². The van der Waals surface area contributed by atoms with Crippen molar-refractivity contribution in [2.75, 3.05) is 33.9 Å². The molecule has 7 aromatic rings. The predicted molar refractivity (Wildman–Crippen MR) is 280 cm³/mol. The molecular formula is C59H62FN7O7. The molecule has 0 unspecified atom stereocenters.